The number of anilines is 4. The van der Waals surface area contributed by atoms with Crippen molar-refractivity contribution in [2.45, 2.75) is 6.92 Å². The molecule has 10 nitrogen and oxygen atoms in total. The standard InChI is InChI=1S/C22H28N8O2S/c1-2-32-17-5-3-16(4-6-17)26-20-18-19(24-15-25-20)21(29-11-13-33(31)14-12-29)28-22(27-18)30-9-7-23-8-10-30/h3-6,15,23H,2,7-14H2,1H3,(H,24,25,26). The van der Waals surface area contributed by atoms with E-state index in [1.807, 2.05) is 31.2 Å². The predicted octanol–water partition coefficient (Wildman–Crippen LogP) is 1.54. The summed E-state index contributed by atoms with van der Waals surface area (Å²) in [7, 11) is 0. The Hall–Kier alpha value is -2.89. The van der Waals surface area contributed by atoms with Crippen molar-refractivity contribution >= 4 is 45.5 Å². The fraction of sp³-hybridized carbons (Fsp3) is 0.455. The van der Waals surface area contributed by atoms with Crippen LogP contribution in [0, 0.1) is 0 Å². The molecule has 0 amide bonds. The highest BCUT2D eigenvalue weighted by Gasteiger charge is 2.26. The molecule has 33 heavy (non-hydrogen) atoms. The lowest BCUT2D eigenvalue weighted by Crippen LogP contribution is -2.45. The van der Waals surface area contributed by atoms with E-state index < -0.39 is 11.2 Å². The van der Waals surface area contributed by atoms with Crippen LogP contribution >= 0.6 is 0 Å². The molecule has 0 bridgehead atoms. The van der Waals surface area contributed by atoms with Crippen molar-refractivity contribution in [2.75, 3.05) is 72.5 Å². The third kappa shape index (κ3) is 4.90. The van der Waals surface area contributed by atoms with Crippen LogP contribution < -0.4 is 25.2 Å². The van der Waals surface area contributed by atoms with Crippen molar-refractivity contribution in [2.24, 2.45) is 0 Å². The highest BCUT2D eigenvalue weighted by molar-refractivity contribution is 7.91. The van der Waals surface area contributed by atoms with Gasteiger partial charge in [-0.15, -0.1) is 0 Å². The highest BCUT2D eigenvalue weighted by atomic mass is 32.2. The number of hydrogen-bond acceptors (Lipinski definition) is 10. The molecular formula is C22H28N8O2S. The molecular weight excluding hydrogens is 440 g/mol. The second-order valence-electron chi connectivity index (χ2n) is 7.92. The number of nitrogens with one attached hydrogen (secondary N) is 2. The molecule has 2 fully saturated rings. The molecule has 0 radical (unpaired) electrons. The van der Waals surface area contributed by atoms with Gasteiger partial charge in [0.1, 0.15) is 34.6 Å². The predicted molar refractivity (Wildman–Crippen MR) is 131 cm³/mol. The summed E-state index contributed by atoms with van der Waals surface area (Å²) in [5, 5.41) is 6.76. The molecule has 4 heterocycles. The van der Waals surface area contributed by atoms with Crippen LogP contribution in [0.5, 0.6) is 5.75 Å². The van der Waals surface area contributed by atoms with E-state index in [0.717, 1.165) is 43.4 Å². The third-order valence-corrected chi connectivity index (χ3v) is 7.03. The van der Waals surface area contributed by atoms with Crippen LogP contribution in [-0.2, 0) is 11.2 Å². The molecule has 11 heteroatoms. The van der Waals surface area contributed by atoms with E-state index >= 15 is 0 Å². The number of hydrogen-bond donors (Lipinski definition) is 2. The van der Waals surface area contributed by atoms with E-state index in [4.69, 9.17) is 14.7 Å². The van der Waals surface area contributed by atoms with E-state index in [1.165, 1.54) is 0 Å². The molecule has 0 atom stereocenters. The molecule has 2 aromatic heterocycles. The molecule has 0 aliphatic carbocycles. The lowest BCUT2D eigenvalue weighted by atomic mass is 10.3. The quantitative estimate of drug-likeness (QED) is 0.516. The summed E-state index contributed by atoms with van der Waals surface area (Å²) in [6.07, 6.45) is 1.54. The maximum Gasteiger partial charge on any atom is 0.228 e. The maximum absolute atomic E-state index is 11.9. The number of benzene rings is 1. The average Bonchev–Trinajstić information content (AvgIpc) is 2.86. The Labute approximate surface area is 196 Å². The van der Waals surface area contributed by atoms with Crippen LogP contribution in [0.4, 0.5) is 23.3 Å². The van der Waals surface area contributed by atoms with Crippen LogP contribution in [0.3, 0.4) is 0 Å². The molecule has 0 spiro atoms. The van der Waals surface area contributed by atoms with Gasteiger partial charge in [0, 0.05) is 31.9 Å². The monoisotopic (exact) mass is 468 g/mol. The largest absolute Gasteiger partial charge is 0.616 e. The molecule has 2 aliphatic rings. The Morgan fingerprint density at radius 3 is 2.48 bits per heavy atom. The molecule has 5 rings (SSSR count). The minimum absolute atomic E-state index is 0.627. The first-order valence-corrected chi connectivity index (χ1v) is 12.8. The average molecular weight is 469 g/mol. The van der Waals surface area contributed by atoms with E-state index in [9.17, 15) is 4.55 Å². The van der Waals surface area contributed by atoms with Crippen LogP contribution in [0.25, 0.3) is 11.0 Å². The number of fused-ring (bicyclic) bond motifs is 1. The Bertz CT molecular complexity index is 1090. The van der Waals surface area contributed by atoms with Gasteiger partial charge >= 0.3 is 0 Å². The first-order valence-electron chi connectivity index (χ1n) is 11.3. The molecule has 174 valence electrons. The first-order chi connectivity index (χ1) is 16.2. The van der Waals surface area contributed by atoms with E-state index in [0.29, 0.717) is 54.0 Å². The van der Waals surface area contributed by atoms with Gasteiger partial charge in [0.25, 0.3) is 0 Å². The van der Waals surface area contributed by atoms with Crippen molar-refractivity contribution in [1.82, 2.24) is 25.3 Å². The van der Waals surface area contributed by atoms with Crippen LogP contribution in [0.15, 0.2) is 30.6 Å². The van der Waals surface area contributed by atoms with Crippen molar-refractivity contribution in [3.63, 3.8) is 0 Å². The number of ether oxygens (including phenoxy) is 1. The third-order valence-electron chi connectivity index (χ3n) is 5.76. The summed E-state index contributed by atoms with van der Waals surface area (Å²) in [4.78, 5) is 23.3. The Kier molecular flexibility index (Phi) is 6.60. The minimum Gasteiger partial charge on any atom is -0.616 e. The number of piperazine rings is 1. The molecule has 0 unspecified atom stereocenters. The molecule has 2 saturated heterocycles. The second-order valence-corrected chi connectivity index (χ2v) is 9.62. The van der Waals surface area contributed by atoms with Crippen molar-refractivity contribution in [3.05, 3.63) is 30.6 Å². The van der Waals surface area contributed by atoms with Gasteiger partial charge in [-0.1, -0.05) is 11.2 Å². The van der Waals surface area contributed by atoms with Crippen LogP contribution in [0.1, 0.15) is 6.92 Å². The van der Waals surface area contributed by atoms with Gasteiger partial charge in [-0.3, -0.25) is 0 Å². The van der Waals surface area contributed by atoms with E-state index in [-0.39, 0.29) is 0 Å². The van der Waals surface area contributed by atoms with Gasteiger partial charge in [0.15, 0.2) is 11.6 Å². The smallest absolute Gasteiger partial charge is 0.228 e. The minimum atomic E-state index is -0.772. The zero-order chi connectivity index (χ0) is 22.6. The first kappa shape index (κ1) is 21.9. The summed E-state index contributed by atoms with van der Waals surface area (Å²) in [5.41, 5.74) is 2.26. The summed E-state index contributed by atoms with van der Waals surface area (Å²) in [5.74, 6) is 4.18. The fourth-order valence-corrected chi connectivity index (χ4v) is 5.08. The second kappa shape index (κ2) is 9.94. The number of nitrogens with zero attached hydrogens (tertiary/aromatic N) is 6. The Morgan fingerprint density at radius 2 is 1.76 bits per heavy atom. The lowest BCUT2D eigenvalue weighted by molar-refractivity contribution is 0.340. The van der Waals surface area contributed by atoms with Crippen molar-refractivity contribution < 1.29 is 9.29 Å². The van der Waals surface area contributed by atoms with Gasteiger partial charge in [-0.05, 0) is 31.2 Å². The van der Waals surface area contributed by atoms with Gasteiger partial charge < -0.3 is 29.7 Å². The molecule has 0 saturated carbocycles. The van der Waals surface area contributed by atoms with Crippen molar-refractivity contribution in [1.29, 1.82) is 0 Å². The SMILES string of the molecule is CCOc1ccc(Nc2ncnc3c(N4CC[S+]([O-])CC4)nc(N4CCNCC4)nc23)cc1. The van der Waals surface area contributed by atoms with Gasteiger partial charge in [0.05, 0.1) is 19.7 Å². The number of aromatic nitrogens is 4. The normalized spacial score (nSPS) is 17.4. The lowest BCUT2D eigenvalue weighted by Gasteiger charge is -2.32. The highest BCUT2D eigenvalue weighted by Crippen LogP contribution is 2.31. The van der Waals surface area contributed by atoms with Crippen LogP contribution in [0.2, 0.25) is 0 Å². The van der Waals surface area contributed by atoms with E-state index in [1.54, 1.807) is 6.33 Å². The zero-order valence-electron chi connectivity index (χ0n) is 18.7. The summed E-state index contributed by atoms with van der Waals surface area (Å²) in [6.45, 7) is 7.42. The van der Waals surface area contributed by atoms with Crippen LogP contribution in [-0.4, -0.2) is 81.9 Å². The summed E-state index contributed by atoms with van der Waals surface area (Å²) < 4.78 is 17.5. The Balaban J connectivity index is 1.54. The van der Waals surface area contributed by atoms with Crippen molar-refractivity contribution in [3.8, 4) is 5.75 Å². The molecule has 1 aromatic carbocycles. The molecule has 2 N–H and O–H groups in total. The molecule has 2 aliphatic heterocycles. The summed E-state index contributed by atoms with van der Waals surface area (Å²) in [6, 6.07) is 7.77. The zero-order valence-corrected chi connectivity index (χ0v) is 19.5. The van der Waals surface area contributed by atoms with Gasteiger partial charge in [-0.25, -0.2) is 15.0 Å². The molecule has 3 aromatic rings. The maximum atomic E-state index is 11.9. The van der Waals surface area contributed by atoms with E-state index in [2.05, 4.69) is 30.4 Å². The van der Waals surface area contributed by atoms with Gasteiger partial charge in [-0.2, -0.15) is 4.98 Å². The van der Waals surface area contributed by atoms with Gasteiger partial charge in [0.2, 0.25) is 5.95 Å². The summed E-state index contributed by atoms with van der Waals surface area (Å²) >= 11 is -0.772. The fourth-order valence-electron chi connectivity index (χ4n) is 4.03. The Morgan fingerprint density at radius 1 is 1.00 bits per heavy atom. The topological polar surface area (TPSA) is 114 Å². The number of rotatable bonds is 6.